The minimum Gasteiger partial charge on any atom is -0.504 e. The quantitative estimate of drug-likeness (QED) is 0.237. The first-order valence-corrected chi connectivity index (χ1v) is 13.7. The average molecular weight is 552 g/mol. The number of hydrogen-bond donors (Lipinski definition) is 5. The number of methoxy groups -OCH3 is 1. The van der Waals surface area contributed by atoms with Gasteiger partial charge in [0.25, 0.3) is 0 Å². The second-order valence-corrected chi connectivity index (χ2v) is 11.2. The molecule has 3 aliphatic heterocycles. The molecule has 10 heteroatoms. The van der Waals surface area contributed by atoms with Crippen LogP contribution < -0.4 is 5.73 Å². The van der Waals surface area contributed by atoms with Crippen molar-refractivity contribution >= 4 is 22.8 Å². The summed E-state index contributed by atoms with van der Waals surface area (Å²) in [6, 6.07) is 11.5. The molecule has 0 saturated carbocycles. The van der Waals surface area contributed by atoms with Gasteiger partial charge in [-0.25, -0.2) is 4.79 Å². The number of fused-ring (bicyclic) bond motifs is 3. The number of carbonyl (C=O) groups excluding carboxylic acids is 1. The maximum absolute atomic E-state index is 12.8. The van der Waals surface area contributed by atoms with Gasteiger partial charge in [0, 0.05) is 24.0 Å². The summed E-state index contributed by atoms with van der Waals surface area (Å²) in [6.45, 7) is 4.36. The van der Waals surface area contributed by atoms with E-state index in [1.54, 1.807) is 0 Å². The summed E-state index contributed by atoms with van der Waals surface area (Å²) in [4.78, 5) is 25.8. The third-order valence-electron chi connectivity index (χ3n) is 8.99. The molecule has 0 amide bonds. The molecule has 4 heterocycles. The molecule has 3 aliphatic rings. The molecule has 0 aliphatic carbocycles. The van der Waals surface area contributed by atoms with Crippen LogP contribution in [0.1, 0.15) is 55.5 Å². The number of carboxylic acid groups (broad SMARTS) is 1. The van der Waals surface area contributed by atoms with Gasteiger partial charge >= 0.3 is 11.9 Å². The van der Waals surface area contributed by atoms with Crippen LogP contribution >= 0.6 is 0 Å². The van der Waals surface area contributed by atoms with Crippen LogP contribution in [-0.2, 0) is 32.9 Å². The normalized spacial score (nSPS) is 25.9. The molecule has 214 valence electrons. The number of piperidine rings is 1. The number of esters is 1. The fraction of sp³-hybridized carbons (Fsp3) is 0.467. The summed E-state index contributed by atoms with van der Waals surface area (Å²) >= 11 is 0. The summed E-state index contributed by atoms with van der Waals surface area (Å²) < 4.78 is 7.01. The van der Waals surface area contributed by atoms with E-state index in [4.69, 9.17) is 25.8 Å². The predicted octanol–water partition coefficient (Wildman–Crippen LogP) is 3.00. The van der Waals surface area contributed by atoms with Crippen molar-refractivity contribution in [2.75, 3.05) is 20.2 Å². The number of benzene rings is 2. The lowest BCUT2D eigenvalue weighted by Gasteiger charge is -2.57. The zero-order valence-corrected chi connectivity index (χ0v) is 22.8. The number of hydrogen-bond acceptors (Lipinski definition) is 8. The average Bonchev–Trinajstić information content (AvgIpc) is 3.30. The largest absolute Gasteiger partial charge is 0.504 e. The number of rotatable bonds is 5. The number of aromatic hydroxyl groups is 2. The van der Waals surface area contributed by atoms with Gasteiger partial charge in [-0.1, -0.05) is 31.2 Å². The van der Waals surface area contributed by atoms with Crippen molar-refractivity contribution in [3.8, 4) is 11.5 Å². The van der Waals surface area contributed by atoms with Gasteiger partial charge in [0.1, 0.15) is 6.04 Å². The van der Waals surface area contributed by atoms with E-state index in [1.165, 1.54) is 36.3 Å². The van der Waals surface area contributed by atoms with Crippen molar-refractivity contribution in [3.63, 3.8) is 0 Å². The Morgan fingerprint density at radius 1 is 1.15 bits per heavy atom. The monoisotopic (exact) mass is 551 g/mol. The number of para-hydroxylation sites is 1. The van der Waals surface area contributed by atoms with Crippen LogP contribution in [0.25, 0.3) is 10.9 Å². The first-order chi connectivity index (χ1) is 19.1. The molecule has 40 heavy (non-hydrogen) atoms. The number of carboxylic acids is 1. The summed E-state index contributed by atoms with van der Waals surface area (Å²) in [5, 5.41) is 39.5. The van der Waals surface area contributed by atoms with Gasteiger partial charge in [0.15, 0.2) is 11.5 Å². The number of aliphatic carboxylic acids is 1. The topological polar surface area (TPSA) is 158 Å². The molecule has 1 aromatic heterocycles. The number of ether oxygens (including phenoxy) is 1. The number of aromatic nitrogens is 1. The van der Waals surface area contributed by atoms with Crippen LogP contribution in [0.4, 0.5) is 0 Å². The predicted molar refractivity (Wildman–Crippen MR) is 148 cm³/mol. The maximum Gasteiger partial charge on any atom is 0.359 e. The fourth-order valence-corrected chi connectivity index (χ4v) is 7.14. The number of aliphatic hydroxyl groups is 1. The number of nitrogens with two attached hydrogens (primary N) is 1. The highest BCUT2D eigenvalue weighted by Crippen LogP contribution is 2.60. The van der Waals surface area contributed by atoms with Crippen molar-refractivity contribution in [1.82, 2.24) is 9.47 Å². The minimum absolute atomic E-state index is 0.0826. The molecule has 1 unspecified atom stereocenters. The van der Waals surface area contributed by atoms with Crippen LogP contribution in [0.5, 0.6) is 11.5 Å². The van der Waals surface area contributed by atoms with Crippen molar-refractivity contribution in [2.24, 2.45) is 11.1 Å². The van der Waals surface area contributed by atoms with Crippen LogP contribution in [0.3, 0.4) is 0 Å². The Balaban J connectivity index is 0.000000197. The number of phenols is 2. The SMILES string of the molecule is CC[C@]12CCCN3CCc4c(n(c5ccccc45)[C@@](O)(C(=O)OC)C1)[C@@H]32.NC(Cc1ccc(O)c(O)c1)C(=O)O. The van der Waals surface area contributed by atoms with E-state index in [-0.39, 0.29) is 29.4 Å². The Bertz CT molecular complexity index is 1450. The summed E-state index contributed by atoms with van der Waals surface area (Å²) in [7, 11) is 1.37. The van der Waals surface area contributed by atoms with Crippen molar-refractivity contribution in [1.29, 1.82) is 0 Å². The molecule has 0 spiro atoms. The van der Waals surface area contributed by atoms with Crippen molar-refractivity contribution < 1.29 is 34.8 Å². The van der Waals surface area contributed by atoms with Gasteiger partial charge in [0.2, 0.25) is 5.72 Å². The van der Waals surface area contributed by atoms with Gasteiger partial charge in [-0.3, -0.25) is 9.69 Å². The fourth-order valence-electron chi connectivity index (χ4n) is 7.14. The zero-order chi connectivity index (χ0) is 28.8. The molecule has 6 N–H and O–H groups in total. The second kappa shape index (κ2) is 10.4. The molecule has 0 radical (unpaired) electrons. The lowest BCUT2D eigenvalue weighted by molar-refractivity contribution is -0.194. The van der Waals surface area contributed by atoms with Gasteiger partial charge in [-0.2, -0.15) is 0 Å². The molecule has 4 atom stereocenters. The molecule has 1 fully saturated rings. The molecule has 6 rings (SSSR count). The Labute approximate surface area is 232 Å². The van der Waals surface area contributed by atoms with Crippen LogP contribution in [-0.4, -0.2) is 68.1 Å². The second-order valence-electron chi connectivity index (χ2n) is 11.2. The standard InChI is InChI=1S/C21H26N2O3.C9H11NO4/c1-3-20-10-6-11-22-12-9-15-14-7-4-5-8-16(14)23(17(15)18(20)22)21(25,13-20)19(24)26-2;10-6(9(13)14)3-5-1-2-7(11)8(12)4-5/h4-5,7-8,18,25H,3,6,9-13H2,1-2H3;1-2,4,6,11-12H,3,10H2,(H,13,14)/t18-,20+,21+;/m1./s1. The first kappa shape index (κ1) is 27.9. The maximum atomic E-state index is 12.8. The summed E-state index contributed by atoms with van der Waals surface area (Å²) in [6.07, 6.45) is 4.63. The number of phenolic OH excluding ortho intramolecular Hbond substituents is 2. The Kier molecular flexibility index (Phi) is 7.28. The van der Waals surface area contributed by atoms with Gasteiger partial charge in [0.05, 0.1) is 18.7 Å². The lowest BCUT2D eigenvalue weighted by atomic mass is 9.62. The van der Waals surface area contributed by atoms with E-state index in [0.29, 0.717) is 12.0 Å². The third kappa shape index (κ3) is 4.40. The van der Waals surface area contributed by atoms with E-state index < -0.39 is 23.7 Å². The van der Waals surface area contributed by atoms with Crippen LogP contribution in [0.2, 0.25) is 0 Å². The summed E-state index contributed by atoms with van der Waals surface area (Å²) in [5.74, 6) is -2.16. The highest BCUT2D eigenvalue weighted by Gasteiger charge is 2.60. The van der Waals surface area contributed by atoms with E-state index in [1.807, 2.05) is 22.8 Å². The van der Waals surface area contributed by atoms with E-state index >= 15 is 0 Å². The molecular weight excluding hydrogens is 514 g/mol. The van der Waals surface area contributed by atoms with Gasteiger partial charge in [-0.05, 0) is 73.4 Å². The molecule has 1 saturated heterocycles. The molecule has 2 aromatic carbocycles. The van der Waals surface area contributed by atoms with Gasteiger partial charge < -0.3 is 35.5 Å². The Morgan fingerprint density at radius 2 is 1.90 bits per heavy atom. The van der Waals surface area contributed by atoms with E-state index in [9.17, 15) is 14.7 Å². The highest BCUT2D eigenvalue weighted by molar-refractivity contribution is 5.90. The Morgan fingerprint density at radius 3 is 2.58 bits per heavy atom. The molecule has 0 bridgehead atoms. The number of nitrogens with zero attached hydrogens (tertiary/aromatic N) is 2. The lowest BCUT2D eigenvalue weighted by Crippen LogP contribution is -2.60. The molecule has 3 aromatic rings. The van der Waals surface area contributed by atoms with Crippen molar-refractivity contribution in [3.05, 3.63) is 59.3 Å². The van der Waals surface area contributed by atoms with E-state index in [0.717, 1.165) is 50.0 Å². The first-order valence-electron chi connectivity index (χ1n) is 13.7. The van der Waals surface area contributed by atoms with Crippen LogP contribution in [0.15, 0.2) is 42.5 Å². The Hall–Kier alpha value is -3.60. The zero-order valence-electron chi connectivity index (χ0n) is 22.8. The molecule has 10 nitrogen and oxygen atoms in total. The minimum atomic E-state index is -1.63. The van der Waals surface area contributed by atoms with Gasteiger partial charge in [-0.15, -0.1) is 0 Å². The summed E-state index contributed by atoms with van der Waals surface area (Å²) in [5.41, 5.74) is 7.55. The van der Waals surface area contributed by atoms with E-state index in [2.05, 4.69) is 17.9 Å². The highest BCUT2D eigenvalue weighted by atomic mass is 16.5. The smallest absolute Gasteiger partial charge is 0.359 e. The third-order valence-corrected chi connectivity index (χ3v) is 8.99. The number of carbonyl (C=O) groups is 2. The molecular formula is C30H37N3O7. The van der Waals surface area contributed by atoms with Crippen LogP contribution in [0, 0.1) is 5.41 Å². The van der Waals surface area contributed by atoms with Crippen molar-refractivity contribution in [2.45, 2.75) is 63.3 Å².